The molecule has 1 aliphatic heterocycles. The van der Waals surface area contributed by atoms with Crippen LogP contribution in [0.25, 0.3) is 0 Å². The number of phenols is 1. The Morgan fingerprint density at radius 2 is 1.70 bits per heavy atom. The molecule has 1 atom stereocenters. The number of benzene rings is 2. The Hall–Kier alpha value is -2.11. The number of rotatable bonds is 4. The molecule has 1 aliphatic rings. The van der Waals surface area contributed by atoms with Crippen LogP contribution in [-0.4, -0.2) is 47.8 Å². The molecule has 0 aliphatic carbocycles. The van der Waals surface area contributed by atoms with Gasteiger partial charge in [-0.1, -0.05) is 18.2 Å². The van der Waals surface area contributed by atoms with Gasteiger partial charge in [0.05, 0.1) is 6.10 Å². The van der Waals surface area contributed by atoms with Crippen molar-refractivity contribution in [2.45, 2.75) is 6.10 Å². The average Bonchev–Trinajstić information content (AvgIpc) is 2.56. The van der Waals surface area contributed by atoms with Gasteiger partial charge in [-0.25, -0.2) is 4.39 Å². The lowest BCUT2D eigenvalue weighted by Gasteiger charge is -2.37. The first-order chi connectivity index (χ1) is 11.1. The predicted octanol–water partition coefficient (Wildman–Crippen LogP) is 2.39. The number of piperazine rings is 1. The molecule has 2 aromatic rings. The SMILES string of the molecule is Oc1cccc(N2CCN(CC(O)c3ccc(F)cc3)CC2)c1. The number of halogens is 1. The third-order valence-electron chi connectivity index (χ3n) is 4.25. The van der Waals surface area contributed by atoms with E-state index in [2.05, 4.69) is 9.80 Å². The highest BCUT2D eigenvalue weighted by molar-refractivity contribution is 5.50. The fourth-order valence-corrected chi connectivity index (χ4v) is 2.91. The number of β-amino-alcohol motifs (C(OH)–C–C–N with tert-alkyl or cyclic N) is 1. The van der Waals surface area contributed by atoms with Crippen LogP contribution in [0.1, 0.15) is 11.7 Å². The van der Waals surface area contributed by atoms with Crippen molar-refractivity contribution < 1.29 is 14.6 Å². The number of phenolic OH excluding ortho intramolecular Hbond substituents is 1. The van der Waals surface area contributed by atoms with E-state index in [-0.39, 0.29) is 11.6 Å². The highest BCUT2D eigenvalue weighted by Gasteiger charge is 2.20. The minimum absolute atomic E-state index is 0.275. The summed E-state index contributed by atoms with van der Waals surface area (Å²) in [5, 5.41) is 19.8. The van der Waals surface area contributed by atoms with Gasteiger partial charge in [-0.05, 0) is 29.8 Å². The normalized spacial score (nSPS) is 17.2. The molecule has 0 bridgehead atoms. The summed E-state index contributed by atoms with van der Waals surface area (Å²) < 4.78 is 12.9. The molecule has 1 saturated heterocycles. The monoisotopic (exact) mass is 316 g/mol. The van der Waals surface area contributed by atoms with Crippen LogP contribution in [-0.2, 0) is 0 Å². The smallest absolute Gasteiger partial charge is 0.123 e. The van der Waals surface area contributed by atoms with E-state index in [0.29, 0.717) is 6.54 Å². The van der Waals surface area contributed by atoms with E-state index in [1.807, 2.05) is 12.1 Å². The first-order valence-electron chi connectivity index (χ1n) is 7.82. The fraction of sp³-hybridized carbons (Fsp3) is 0.333. The van der Waals surface area contributed by atoms with Crippen LogP contribution in [0.4, 0.5) is 10.1 Å². The number of anilines is 1. The Labute approximate surface area is 135 Å². The number of hydrogen-bond donors (Lipinski definition) is 2. The van der Waals surface area contributed by atoms with Crippen LogP contribution in [0.3, 0.4) is 0 Å². The minimum atomic E-state index is -0.608. The van der Waals surface area contributed by atoms with Gasteiger partial charge in [0.2, 0.25) is 0 Å². The number of nitrogens with zero attached hydrogens (tertiary/aromatic N) is 2. The average molecular weight is 316 g/mol. The Balaban J connectivity index is 1.54. The molecule has 1 unspecified atom stereocenters. The van der Waals surface area contributed by atoms with Crippen LogP contribution in [0, 0.1) is 5.82 Å². The summed E-state index contributed by atoms with van der Waals surface area (Å²) in [6.07, 6.45) is -0.608. The molecule has 122 valence electrons. The lowest BCUT2D eigenvalue weighted by Crippen LogP contribution is -2.47. The zero-order valence-corrected chi connectivity index (χ0v) is 12.9. The maximum atomic E-state index is 12.9. The molecule has 0 spiro atoms. The zero-order chi connectivity index (χ0) is 16.2. The number of aromatic hydroxyl groups is 1. The van der Waals surface area contributed by atoms with Crippen LogP contribution < -0.4 is 4.90 Å². The molecule has 0 aromatic heterocycles. The summed E-state index contributed by atoms with van der Waals surface area (Å²) in [4.78, 5) is 4.42. The summed E-state index contributed by atoms with van der Waals surface area (Å²) in [7, 11) is 0. The van der Waals surface area contributed by atoms with Crippen LogP contribution in [0.2, 0.25) is 0 Å². The van der Waals surface area contributed by atoms with Gasteiger partial charge in [0.1, 0.15) is 11.6 Å². The van der Waals surface area contributed by atoms with Crippen LogP contribution in [0.5, 0.6) is 5.75 Å². The van der Waals surface area contributed by atoms with E-state index in [1.165, 1.54) is 12.1 Å². The van der Waals surface area contributed by atoms with E-state index in [9.17, 15) is 14.6 Å². The summed E-state index contributed by atoms with van der Waals surface area (Å²) in [5.74, 6) is -0.0164. The Kier molecular flexibility index (Phi) is 4.79. The maximum Gasteiger partial charge on any atom is 0.123 e. The molecule has 4 nitrogen and oxygen atoms in total. The summed E-state index contributed by atoms with van der Waals surface area (Å²) in [5.41, 5.74) is 1.76. The third kappa shape index (κ3) is 4.00. The second-order valence-corrected chi connectivity index (χ2v) is 5.87. The molecule has 0 saturated carbocycles. The van der Waals surface area contributed by atoms with Crippen molar-refractivity contribution in [1.82, 2.24) is 4.90 Å². The topological polar surface area (TPSA) is 46.9 Å². The van der Waals surface area contributed by atoms with Gasteiger partial charge in [0.25, 0.3) is 0 Å². The predicted molar refractivity (Wildman–Crippen MR) is 88.1 cm³/mol. The van der Waals surface area contributed by atoms with Crippen LogP contribution >= 0.6 is 0 Å². The number of aliphatic hydroxyl groups excluding tert-OH is 1. The fourth-order valence-electron chi connectivity index (χ4n) is 2.91. The van der Waals surface area contributed by atoms with Gasteiger partial charge in [-0.3, -0.25) is 4.90 Å². The second kappa shape index (κ2) is 6.98. The second-order valence-electron chi connectivity index (χ2n) is 5.87. The summed E-state index contributed by atoms with van der Waals surface area (Å²) in [6.45, 7) is 3.92. The number of hydrogen-bond acceptors (Lipinski definition) is 4. The Morgan fingerprint density at radius 3 is 2.35 bits per heavy atom. The lowest BCUT2D eigenvalue weighted by atomic mass is 10.1. The summed E-state index contributed by atoms with van der Waals surface area (Å²) >= 11 is 0. The van der Waals surface area contributed by atoms with Crippen molar-refractivity contribution in [1.29, 1.82) is 0 Å². The molecule has 3 rings (SSSR count). The third-order valence-corrected chi connectivity index (χ3v) is 4.25. The molecule has 0 amide bonds. The summed E-state index contributed by atoms with van der Waals surface area (Å²) in [6, 6.07) is 13.3. The zero-order valence-electron chi connectivity index (χ0n) is 12.9. The Bertz CT molecular complexity index is 640. The molecule has 2 aromatic carbocycles. The van der Waals surface area contributed by atoms with E-state index >= 15 is 0 Å². The maximum absolute atomic E-state index is 12.9. The van der Waals surface area contributed by atoms with Gasteiger partial charge in [0.15, 0.2) is 0 Å². The first-order valence-corrected chi connectivity index (χ1v) is 7.82. The Morgan fingerprint density at radius 1 is 1.00 bits per heavy atom. The van der Waals surface area contributed by atoms with Crippen molar-refractivity contribution in [3.8, 4) is 5.75 Å². The standard InChI is InChI=1S/C18H21FN2O2/c19-15-6-4-14(5-7-15)18(23)13-20-8-10-21(11-9-20)16-2-1-3-17(22)12-16/h1-7,12,18,22-23H,8-11,13H2. The van der Waals surface area contributed by atoms with Gasteiger partial charge in [-0.2, -0.15) is 0 Å². The van der Waals surface area contributed by atoms with E-state index < -0.39 is 6.10 Å². The molecular formula is C18H21FN2O2. The molecule has 5 heteroatoms. The minimum Gasteiger partial charge on any atom is -0.508 e. The largest absolute Gasteiger partial charge is 0.508 e. The van der Waals surface area contributed by atoms with Crippen LogP contribution in [0.15, 0.2) is 48.5 Å². The van der Waals surface area contributed by atoms with Crippen molar-refractivity contribution in [2.24, 2.45) is 0 Å². The van der Waals surface area contributed by atoms with Gasteiger partial charge >= 0.3 is 0 Å². The quantitative estimate of drug-likeness (QED) is 0.909. The molecule has 0 radical (unpaired) electrons. The first kappa shape index (κ1) is 15.8. The van der Waals surface area contributed by atoms with E-state index in [4.69, 9.17) is 0 Å². The van der Waals surface area contributed by atoms with Crippen molar-refractivity contribution in [3.63, 3.8) is 0 Å². The van der Waals surface area contributed by atoms with Crippen molar-refractivity contribution in [2.75, 3.05) is 37.6 Å². The molecule has 23 heavy (non-hydrogen) atoms. The van der Waals surface area contributed by atoms with E-state index in [0.717, 1.165) is 37.4 Å². The highest BCUT2D eigenvalue weighted by atomic mass is 19.1. The van der Waals surface area contributed by atoms with Gasteiger partial charge in [-0.15, -0.1) is 0 Å². The molecule has 1 heterocycles. The highest BCUT2D eigenvalue weighted by Crippen LogP contribution is 2.22. The number of aliphatic hydroxyl groups is 1. The van der Waals surface area contributed by atoms with Gasteiger partial charge in [0, 0.05) is 44.5 Å². The molecular weight excluding hydrogens is 295 g/mol. The van der Waals surface area contributed by atoms with Crippen molar-refractivity contribution in [3.05, 3.63) is 59.9 Å². The molecule has 1 fully saturated rings. The van der Waals surface area contributed by atoms with Crippen molar-refractivity contribution >= 4 is 5.69 Å². The molecule has 2 N–H and O–H groups in total. The van der Waals surface area contributed by atoms with Gasteiger partial charge < -0.3 is 15.1 Å². The lowest BCUT2D eigenvalue weighted by molar-refractivity contribution is 0.109. The van der Waals surface area contributed by atoms with E-state index in [1.54, 1.807) is 24.3 Å².